The van der Waals surface area contributed by atoms with E-state index in [1.807, 2.05) is 0 Å². The number of thioether (sulfide) groups is 1. The number of rotatable bonds is 19. The monoisotopic (exact) mass is 823 g/mol. The number of fused-ring (bicyclic) bond motifs is 2. The molecular weight excluding hydrogens is 779 g/mol. The number of hydrogen-bond acceptors (Lipinski definition) is 11. The largest absolute Gasteiger partial charge is 0.497 e. The molecule has 1 aliphatic rings. The van der Waals surface area contributed by atoms with Crippen molar-refractivity contribution >= 4 is 86.5 Å². The van der Waals surface area contributed by atoms with Crippen LogP contribution in [0.2, 0.25) is 0 Å². The average molecular weight is 824 g/mol. The van der Waals surface area contributed by atoms with Crippen LogP contribution < -0.4 is 20.8 Å². The number of ketones is 1. The van der Waals surface area contributed by atoms with Gasteiger partial charge in [0.2, 0.25) is 11.8 Å². The summed E-state index contributed by atoms with van der Waals surface area (Å²) in [5, 5.41) is 10.8. The Kier molecular flexibility index (Phi) is 13.9. The van der Waals surface area contributed by atoms with Crippen molar-refractivity contribution < 1.29 is 43.0 Å². The van der Waals surface area contributed by atoms with E-state index < -0.39 is 17.6 Å². The second kappa shape index (κ2) is 19.4. The zero-order valence-corrected chi connectivity index (χ0v) is 33.8. The van der Waals surface area contributed by atoms with Crippen LogP contribution in [0.5, 0.6) is 5.75 Å². The van der Waals surface area contributed by atoms with Crippen molar-refractivity contribution in [3.8, 4) is 5.75 Å². The summed E-state index contributed by atoms with van der Waals surface area (Å²) in [6.07, 6.45) is 0.427. The molecule has 17 heteroatoms. The third-order valence-electron chi connectivity index (χ3n) is 9.43. The van der Waals surface area contributed by atoms with Crippen molar-refractivity contribution in [2.45, 2.75) is 45.2 Å². The highest BCUT2D eigenvalue weighted by atomic mass is 32.2. The molecule has 2 aromatic heterocycles. The van der Waals surface area contributed by atoms with Gasteiger partial charge in [-0.05, 0) is 67.6 Å². The lowest BCUT2D eigenvalue weighted by atomic mass is 10.2. The minimum atomic E-state index is -0.831. The Morgan fingerprint density at radius 3 is 2.20 bits per heavy atom. The van der Waals surface area contributed by atoms with Crippen molar-refractivity contribution in [3.05, 3.63) is 89.7 Å². The fourth-order valence-corrected chi connectivity index (χ4v) is 7.33. The number of benzene rings is 3. The number of anilines is 2. The van der Waals surface area contributed by atoms with E-state index >= 15 is 0 Å². The number of Topliss-reactive ketones (excluding diaryl/α,β-unsaturated/α-hetero) is 1. The minimum Gasteiger partial charge on any atom is -0.497 e. The zero-order chi connectivity index (χ0) is 42.1. The first-order valence-corrected chi connectivity index (χ1v) is 19.9. The van der Waals surface area contributed by atoms with E-state index in [0.717, 1.165) is 17.2 Å². The molecule has 59 heavy (non-hydrogen) atoms. The highest BCUT2D eigenvalue weighted by Gasteiger charge is 2.38. The molecule has 5 N–H and O–H groups in total. The summed E-state index contributed by atoms with van der Waals surface area (Å²) >= 11 is 1.31. The number of H-pyrrole nitrogens is 2. The normalized spacial score (nSPS) is 15.4. The zero-order valence-electron chi connectivity index (χ0n) is 33.0. The molecule has 0 spiro atoms. The summed E-state index contributed by atoms with van der Waals surface area (Å²) < 4.78 is 17.4. The Hall–Kier alpha value is -6.30. The number of carbonyl (C=O) groups is 6. The molecule has 2 unspecified atom stereocenters. The number of methoxy groups -OCH3 is 1. The van der Waals surface area contributed by atoms with Crippen molar-refractivity contribution in [1.29, 1.82) is 0 Å². The van der Waals surface area contributed by atoms with Gasteiger partial charge in [0.05, 0.1) is 37.8 Å². The Balaban J connectivity index is 0.982. The van der Waals surface area contributed by atoms with Gasteiger partial charge in [-0.1, -0.05) is 19.1 Å². The number of ether oxygens (including phenoxy) is 3. The third-order valence-corrected chi connectivity index (χ3v) is 10.9. The molecule has 3 aromatic carbocycles. The molecule has 1 aliphatic heterocycles. The van der Waals surface area contributed by atoms with Crippen LogP contribution in [-0.2, 0) is 23.9 Å². The molecular formula is C42H45N7O9S. The molecule has 0 aliphatic carbocycles. The van der Waals surface area contributed by atoms with E-state index in [2.05, 4.69) is 31.1 Å². The number of amides is 5. The first kappa shape index (κ1) is 42.3. The fraction of sp³-hybridized carbons (Fsp3) is 0.310. The van der Waals surface area contributed by atoms with E-state index in [-0.39, 0.29) is 55.6 Å². The van der Waals surface area contributed by atoms with Crippen LogP contribution >= 0.6 is 11.8 Å². The first-order chi connectivity index (χ1) is 28.4. The summed E-state index contributed by atoms with van der Waals surface area (Å²) in [6.45, 7) is 5.24. The van der Waals surface area contributed by atoms with Gasteiger partial charge < -0.3 is 39.6 Å². The Morgan fingerprint density at radius 2 is 1.54 bits per heavy atom. The van der Waals surface area contributed by atoms with Crippen LogP contribution in [-0.4, -0.2) is 94.3 Å². The van der Waals surface area contributed by atoms with Crippen molar-refractivity contribution in [1.82, 2.24) is 20.3 Å². The molecule has 0 radical (unpaired) electrons. The smallest absolute Gasteiger partial charge is 0.339 e. The standard InChI is InChI=1S/C42H45N7O9S/c1-24(22-50)23-59-37-21-38(52)49(40(37)54)14-16-58-41(27-5-9-32(56-4)10-6-27)57-15-13-25(2)47-48-42(55)44-31-8-12-34-29(18-31)20-36(46-34)39(53)43-30-7-11-33-28(17-30)19-35(45-33)26(3)51/h5-12,17-20,22,24,37,41,45-46H,13-16,21,23H2,1-4H3,(H,43,53)(H2,44,48,55)/b47-25-/t24-,37?,41?/m0/s1. The minimum absolute atomic E-state index is 0.0318. The number of aromatic amines is 2. The Bertz CT molecular complexity index is 2390. The number of urea groups is 1. The lowest BCUT2D eigenvalue weighted by Crippen LogP contribution is -2.34. The van der Waals surface area contributed by atoms with Gasteiger partial charge >= 0.3 is 6.03 Å². The molecule has 6 rings (SSSR count). The number of likely N-dealkylation sites (tertiary alicyclic amines) is 1. The van der Waals surface area contributed by atoms with E-state index in [1.165, 1.54) is 23.6 Å². The van der Waals surface area contributed by atoms with Crippen LogP contribution in [0.4, 0.5) is 16.2 Å². The molecule has 0 bridgehead atoms. The quantitative estimate of drug-likeness (QED) is 0.0154. The summed E-state index contributed by atoms with van der Waals surface area (Å²) in [6, 6.07) is 20.5. The molecule has 0 saturated carbocycles. The molecule has 1 saturated heterocycles. The third kappa shape index (κ3) is 11.0. The number of hydrazone groups is 1. The molecule has 16 nitrogen and oxygen atoms in total. The van der Waals surface area contributed by atoms with Crippen molar-refractivity contribution in [3.63, 3.8) is 0 Å². The van der Waals surface area contributed by atoms with Gasteiger partial charge in [0.1, 0.15) is 17.7 Å². The van der Waals surface area contributed by atoms with Gasteiger partial charge in [-0.2, -0.15) is 5.10 Å². The highest BCUT2D eigenvalue weighted by molar-refractivity contribution is 8.00. The number of nitrogens with one attached hydrogen (secondary N) is 5. The summed E-state index contributed by atoms with van der Waals surface area (Å²) in [4.78, 5) is 81.3. The Labute approximate surface area is 343 Å². The van der Waals surface area contributed by atoms with E-state index in [1.54, 1.807) is 93.8 Å². The number of hydrogen-bond donors (Lipinski definition) is 5. The van der Waals surface area contributed by atoms with Gasteiger partial charge in [-0.25, -0.2) is 10.2 Å². The van der Waals surface area contributed by atoms with Crippen molar-refractivity contribution in [2.75, 3.05) is 43.3 Å². The topological polar surface area (TPSA) is 213 Å². The van der Waals surface area contributed by atoms with E-state index in [9.17, 15) is 28.8 Å². The second-order valence-corrected chi connectivity index (χ2v) is 15.2. The maximum atomic E-state index is 13.1. The number of imide groups is 1. The fourth-order valence-electron chi connectivity index (χ4n) is 6.18. The number of aromatic nitrogens is 2. The van der Waals surface area contributed by atoms with E-state index in [4.69, 9.17) is 14.2 Å². The SMILES string of the molecule is COc1ccc(C(OCC/C(C)=N\NC(=O)Nc2ccc3[nH]c(C(=O)Nc4ccc5[nH]c(C(C)=O)cc5c4)cc3c2)OCCN2C(=O)CC(SC[C@@H](C)C=O)C2=O)cc1. The lowest BCUT2D eigenvalue weighted by Gasteiger charge is -2.21. The number of nitrogens with zero attached hydrogens (tertiary/aromatic N) is 2. The van der Waals surface area contributed by atoms with Gasteiger partial charge in [-0.3, -0.25) is 24.1 Å². The molecule has 3 atom stereocenters. The van der Waals surface area contributed by atoms with Gasteiger partial charge in [0.15, 0.2) is 12.1 Å². The molecule has 3 heterocycles. The summed E-state index contributed by atoms with van der Waals surface area (Å²) in [5.41, 5.74) is 7.10. The number of carbonyl (C=O) groups excluding carboxylic acids is 6. The molecule has 5 amide bonds. The van der Waals surface area contributed by atoms with Crippen molar-refractivity contribution in [2.24, 2.45) is 11.0 Å². The van der Waals surface area contributed by atoms with Crippen LogP contribution in [0.3, 0.4) is 0 Å². The predicted molar refractivity (Wildman–Crippen MR) is 225 cm³/mol. The maximum Gasteiger partial charge on any atom is 0.339 e. The lowest BCUT2D eigenvalue weighted by molar-refractivity contribution is -0.155. The van der Waals surface area contributed by atoms with Gasteiger partial charge in [-0.15, -0.1) is 11.8 Å². The summed E-state index contributed by atoms with van der Waals surface area (Å²) in [7, 11) is 1.56. The van der Waals surface area contributed by atoms with Gasteiger partial charge in [0.25, 0.3) is 5.91 Å². The Morgan fingerprint density at radius 1 is 0.898 bits per heavy atom. The van der Waals surface area contributed by atoms with Gasteiger partial charge in [0, 0.05) is 75.9 Å². The first-order valence-electron chi connectivity index (χ1n) is 18.9. The number of aldehydes is 1. The van der Waals surface area contributed by atoms with Crippen LogP contribution in [0, 0.1) is 5.92 Å². The van der Waals surface area contributed by atoms with Crippen LogP contribution in [0.1, 0.15) is 66.4 Å². The average Bonchev–Trinajstić information content (AvgIpc) is 3.93. The maximum absolute atomic E-state index is 13.1. The molecule has 308 valence electrons. The van der Waals surface area contributed by atoms with Crippen LogP contribution in [0.25, 0.3) is 21.8 Å². The molecule has 1 fully saturated rings. The van der Waals surface area contributed by atoms with Crippen LogP contribution in [0.15, 0.2) is 77.9 Å². The predicted octanol–water partition coefficient (Wildman–Crippen LogP) is 6.43. The molecule has 5 aromatic rings. The van der Waals surface area contributed by atoms with E-state index in [0.29, 0.717) is 62.9 Å². The highest BCUT2D eigenvalue weighted by Crippen LogP contribution is 2.28. The second-order valence-electron chi connectivity index (χ2n) is 14.0. The summed E-state index contributed by atoms with van der Waals surface area (Å²) in [5.74, 6) is -0.106.